The fourth-order valence-corrected chi connectivity index (χ4v) is 2.98. The topological polar surface area (TPSA) is 32.3 Å². The number of piperidine rings is 1. The van der Waals surface area contributed by atoms with Gasteiger partial charge in [-0.25, -0.2) is 0 Å². The van der Waals surface area contributed by atoms with Gasteiger partial charge in [-0.1, -0.05) is 6.07 Å². The van der Waals surface area contributed by atoms with Gasteiger partial charge in [-0.2, -0.15) is 0 Å². The van der Waals surface area contributed by atoms with Crippen LogP contribution in [0.4, 0.5) is 0 Å². The van der Waals surface area contributed by atoms with E-state index in [0.717, 1.165) is 41.4 Å². The van der Waals surface area contributed by atoms with Crippen molar-refractivity contribution in [1.82, 2.24) is 10.2 Å². The molecule has 1 aromatic carbocycles. The van der Waals surface area contributed by atoms with E-state index in [0.29, 0.717) is 6.04 Å². The van der Waals surface area contributed by atoms with Gasteiger partial charge in [0.25, 0.3) is 0 Å². The molecule has 0 saturated carbocycles. The summed E-state index contributed by atoms with van der Waals surface area (Å²) >= 11 is 6.99. The lowest BCUT2D eigenvalue weighted by atomic mass is 10.0. The number of amides is 1. The van der Waals surface area contributed by atoms with E-state index in [1.165, 1.54) is 5.56 Å². The summed E-state index contributed by atoms with van der Waals surface area (Å²) in [6.45, 7) is 4.26. The maximum absolute atomic E-state index is 11.3. The van der Waals surface area contributed by atoms with Crippen molar-refractivity contribution in [2.75, 3.05) is 13.1 Å². The predicted octanol–water partition coefficient (Wildman–Crippen LogP) is 3.31. The van der Waals surface area contributed by atoms with Gasteiger partial charge in [0.1, 0.15) is 0 Å². The van der Waals surface area contributed by atoms with Crippen molar-refractivity contribution in [3.8, 4) is 0 Å². The molecular weight excluding hydrogens is 372 g/mol. The van der Waals surface area contributed by atoms with Crippen LogP contribution in [0.25, 0.3) is 0 Å². The quantitative estimate of drug-likeness (QED) is 0.859. The molecule has 1 N–H and O–H groups in total. The molecule has 1 aliphatic heterocycles. The van der Waals surface area contributed by atoms with Crippen LogP contribution >= 0.6 is 31.9 Å². The van der Waals surface area contributed by atoms with E-state index in [2.05, 4.69) is 55.4 Å². The minimum absolute atomic E-state index is 0.190. The molecule has 1 aliphatic rings. The van der Waals surface area contributed by atoms with E-state index in [9.17, 15) is 4.79 Å². The predicted molar refractivity (Wildman–Crippen MR) is 84.0 cm³/mol. The van der Waals surface area contributed by atoms with Crippen molar-refractivity contribution >= 4 is 37.8 Å². The Hall–Kier alpha value is -0.390. The third kappa shape index (κ3) is 4.29. The molecule has 1 heterocycles. The van der Waals surface area contributed by atoms with Gasteiger partial charge in [0, 0.05) is 41.5 Å². The number of likely N-dealkylation sites (tertiary alicyclic amines) is 1. The molecule has 19 heavy (non-hydrogen) atoms. The fraction of sp³-hybridized carbons (Fsp3) is 0.500. The molecule has 3 nitrogen and oxygen atoms in total. The number of nitrogens with one attached hydrogen (secondary N) is 1. The number of carbonyl (C=O) groups is 1. The van der Waals surface area contributed by atoms with Gasteiger partial charge in [-0.05, 0) is 62.4 Å². The summed E-state index contributed by atoms with van der Waals surface area (Å²) in [5.74, 6) is 0.190. The van der Waals surface area contributed by atoms with E-state index >= 15 is 0 Å². The minimum Gasteiger partial charge on any atom is -0.343 e. The van der Waals surface area contributed by atoms with Crippen LogP contribution < -0.4 is 5.32 Å². The van der Waals surface area contributed by atoms with Gasteiger partial charge in [-0.3, -0.25) is 4.79 Å². The Kier molecular flexibility index (Phi) is 5.42. The number of benzene rings is 1. The average Bonchev–Trinajstić information content (AvgIpc) is 2.40. The zero-order valence-corrected chi connectivity index (χ0v) is 14.1. The molecule has 1 fully saturated rings. The Morgan fingerprint density at radius 3 is 2.58 bits per heavy atom. The second kappa shape index (κ2) is 6.86. The largest absolute Gasteiger partial charge is 0.343 e. The van der Waals surface area contributed by atoms with E-state index in [1.54, 1.807) is 6.92 Å². The molecule has 0 spiro atoms. The summed E-state index contributed by atoms with van der Waals surface area (Å²) in [5, 5.41) is 3.57. The number of rotatable bonds is 3. The normalized spacial score (nSPS) is 16.7. The van der Waals surface area contributed by atoms with Crippen molar-refractivity contribution in [2.45, 2.75) is 32.4 Å². The van der Waals surface area contributed by atoms with Crippen LogP contribution in [0.3, 0.4) is 0 Å². The Labute approximate surface area is 131 Å². The summed E-state index contributed by atoms with van der Waals surface area (Å²) in [6, 6.07) is 6.81. The van der Waals surface area contributed by atoms with Crippen LogP contribution in [0.15, 0.2) is 27.1 Å². The van der Waals surface area contributed by atoms with Gasteiger partial charge < -0.3 is 10.2 Å². The van der Waals surface area contributed by atoms with Crippen LogP contribution in [0.1, 0.15) is 25.3 Å². The van der Waals surface area contributed by atoms with Crippen molar-refractivity contribution in [2.24, 2.45) is 0 Å². The van der Waals surface area contributed by atoms with Crippen molar-refractivity contribution in [1.29, 1.82) is 0 Å². The van der Waals surface area contributed by atoms with Crippen LogP contribution in [-0.2, 0) is 11.3 Å². The van der Waals surface area contributed by atoms with Gasteiger partial charge >= 0.3 is 0 Å². The smallest absolute Gasteiger partial charge is 0.219 e. The third-order valence-corrected chi connectivity index (χ3v) is 5.40. The second-order valence-electron chi connectivity index (χ2n) is 4.91. The Balaban J connectivity index is 1.80. The Bertz CT molecular complexity index is 457. The first-order chi connectivity index (χ1) is 9.06. The number of carbonyl (C=O) groups excluding carboxylic acids is 1. The molecule has 0 unspecified atom stereocenters. The summed E-state index contributed by atoms with van der Waals surface area (Å²) in [5.41, 5.74) is 1.27. The molecule has 104 valence electrons. The second-order valence-corrected chi connectivity index (χ2v) is 6.62. The fourth-order valence-electron chi connectivity index (χ4n) is 2.31. The highest BCUT2D eigenvalue weighted by molar-refractivity contribution is 9.13. The molecule has 0 radical (unpaired) electrons. The molecule has 5 heteroatoms. The highest BCUT2D eigenvalue weighted by Gasteiger charge is 2.19. The molecule has 0 aliphatic carbocycles. The molecule has 0 atom stereocenters. The molecule has 0 bridgehead atoms. The summed E-state index contributed by atoms with van der Waals surface area (Å²) in [6.07, 6.45) is 2.08. The van der Waals surface area contributed by atoms with E-state index < -0.39 is 0 Å². The van der Waals surface area contributed by atoms with Crippen LogP contribution in [0.2, 0.25) is 0 Å². The van der Waals surface area contributed by atoms with Gasteiger partial charge in [0.05, 0.1) is 0 Å². The lowest BCUT2D eigenvalue weighted by molar-refractivity contribution is -0.129. The minimum atomic E-state index is 0.190. The van der Waals surface area contributed by atoms with Crippen LogP contribution in [0, 0.1) is 0 Å². The van der Waals surface area contributed by atoms with Crippen LogP contribution in [-0.4, -0.2) is 29.9 Å². The number of halogens is 2. The van der Waals surface area contributed by atoms with Gasteiger partial charge in [0.2, 0.25) is 5.91 Å². The zero-order chi connectivity index (χ0) is 13.8. The van der Waals surface area contributed by atoms with Gasteiger partial charge in [0.15, 0.2) is 0 Å². The van der Waals surface area contributed by atoms with E-state index in [1.807, 2.05) is 4.90 Å². The highest BCUT2D eigenvalue weighted by atomic mass is 79.9. The van der Waals surface area contributed by atoms with Crippen molar-refractivity contribution in [3.05, 3.63) is 32.7 Å². The van der Waals surface area contributed by atoms with Gasteiger partial charge in [-0.15, -0.1) is 0 Å². The van der Waals surface area contributed by atoms with Crippen LogP contribution in [0.5, 0.6) is 0 Å². The molecular formula is C14H18Br2N2O. The number of hydrogen-bond acceptors (Lipinski definition) is 2. The standard InChI is InChI=1S/C14H18Br2N2O/c1-10(19)18-6-4-12(5-7-18)17-9-11-2-3-13(15)14(16)8-11/h2-3,8,12,17H,4-7,9H2,1H3. The Morgan fingerprint density at radius 2 is 2.00 bits per heavy atom. The van der Waals surface area contributed by atoms with Crippen molar-refractivity contribution < 1.29 is 4.79 Å². The zero-order valence-electron chi connectivity index (χ0n) is 11.0. The molecule has 1 amide bonds. The first kappa shape index (κ1) is 15.0. The summed E-state index contributed by atoms with van der Waals surface area (Å²) in [7, 11) is 0. The Morgan fingerprint density at radius 1 is 1.32 bits per heavy atom. The molecule has 2 rings (SSSR count). The average molecular weight is 390 g/mol. The maximum Gasteiger partial charge on any atom is 0.219 e. The molecule has 1 saturated heterocycles. The first-order valence-corrected chi connectivity index (χ1v) is 8.07. The highest BCUT2D eigenvalue weighted by Crippen LogP contribution is 2.24. The van der Waals surface area contributed by atoms with Crippen molar-refractivity contribution in [3.63, 3.8) is 0 Å². The lowest BCUT2D eigenvalue weighted by Gasteiger charge is -2.31. The SMILES string of the molecule is CC(=O)N1CCC(NCc2ccc(Br)c(Br)c2)CC1. The summed E-state index contributed by atoms with van der Waals surface area (Å²) in [4.78, 5) is 13.2. The van der Waals surface area contributed by atoms with E-state index in [-0.39, 0.29) is 5.91 Å². The molecule has 0 aromatic heterocycles. The maximum atomic E-state index is 11.3. The third-order valence-electron chi connectivity index (χ3n) is 3.52. The number of nitrogens with zero attached hydrogens (tertiary/aromatic N) is 1. The first-order valence-electron chi connectivity index (χ1n) is 6.49. The molecule has 1 aromatic rings. The monoisotopic (exact) mass is 388 g/mol. The lowest BCUT2D eigenvalue weighted by Crippen LogP contribution is -2.43. The summed E-state index contributed by atoms with van der Waals surface area (Å²) < 4.78 is 2.16. The van der Waals surface area contributed by atoms with E-state index in [4.69, 9.17) is 0 Å². The number of hydrogen-bond donors (Lipinski definition) is 1.